The van der Waals surface area contributed by atoms with E-state index in [1.807, 2.05) is 25.1 Å². The molecule has 0 spiro atoms. The average Bonchev–Trinajstić information content (AvgIpc) is 2.19. The van der Waals surface area contributed by atoms with E-state index in [4.69, 9.17) is 0 Å². The highest BCUT2D eigenvalue weighted by Crippen LogP contribution is 2.27. The molecule has 3 heteroatoms. The minimum atomic E-state index is 0.270. The third kappa shape index (κ3) is 1.48. The standard InChI is InChI=1S/C11H10BrNO/c1-2-9-11(14)6-7-8(12)4-3-5-10(7)13-9/h3-6,14H,2H2,1H3. The van der Waals surface area contributed by atoms with Crippen molar-refractivity contribution >= 4 is 26.8 Å². The maximum Gasteiger partial charge on any atom is 0.137 e. The van der Waals surface area contributed by atoms with Gasteiger partial charge in [0, 0.05) is 9.86 Å². The highest BCUT2D eigenvalue weighted by molar-refractivity contribution is 9.10. The van der Waals surface area contributed by atoms with E-state index >= 15 is 0 Å². The molecule has 0 bridgehead atoms. The van der Waals surface area contributed by atoms with Crippen molar-refractivity contribution in [2.45, 2.75) is 13.3 Å². The van der Waals surface area contributed by atoms with Crippen molar-refractivity contribution in [1.29, 1.82) is 0 Å². The molecule has 2 nitrogen and oxygen atoms in total. The number of rotatable bonds is 1. The minimum absolute atomic E-state index is 0.270. The molecule has 0 aliphatic heterocycles. The number of nitrogens with zero attached hydrogens (tertiary/aromatic N) is 1. The molecule has 1 aromatic carbocycles. The summed E-state index contributed by atoms with van der Waals surface area (Å²) in [7, 11) is 0. The van der Waals surface area contributed by atoms with Crippen molar-refractivity contribution < 1.29 is 5.11 Å². The molecule has 0 saturated heterocycles. The van der Waals surface area contributed by atoms with Crippen LogP contribution in [0, 0.1) is 0 Å². The molecular formula is C11H10BrNO. The van der Waals surface area contributed by atoms with Gasteiger partial charge in [0.15, 0.2) is 0 Å². The Morgan fingerprint density at radius 3 is 2.93 bits per heavy atom. The fourth-order valence-corrected chi connectivity index (χ4v) is 1.92. The van der Waals surface area contributed by atoms with Crippen LogP contribution in [0.1, 0.15) is 12.6 Å². The normalized spacial score (nSPS) is 10.7. The lowest BCUT2D eigenvalue weighted by atomic mass is 10.1. The third-order valence-corrected chi connectivity index (χ3v) is 2.89. The first-order valence-corrected chi connectivity index (χ1v) is 5.28. The van der Waals surface area contributed by atoms with Gasteiger partial charge in [-0.3, -0.25) is 0 Å². The zero-order valence-electron chi connectivity index (χ0n) is 7.79. The molecule has 2 rings (SSSR count). The molecule has 0 amide bonds. The molecule has 0 saturated carbocycles. The van der Waals surface area contributed by atoms with Crippen LogP contribution >= 0.6 is 15.9 Å². The maximum atomic E-state index is 9.65. The average molecular weight is 252 g/mol. The van der Waals surface area contributed by atoms with Gasteiger partial charge in [0.25, 0.3) is 0 Å². The summed E-state index contributed by atoms with van der Waals surface area (Å²) in [4.78, 5) is 4.37. The largest absolute Gasteiger partial charge is 0.506 e. The number of benzene rings is 1. The summed E-state index contributed by atoms with van der Waals surface area (Å²) in [6.45, 7) is 1.98. The lowest BCUT2D eigenvalue weighted by Gasteiger charge is -2.04. The van der Waals surface area contributed by atoms with E-state index in [0.29, 0.717) is 0 Å². The van der Waals surface area contributed by atoms with E-state index in [-0.39, 0.29) is 5.75 Å². The van der Waals surface area contributed by atoms with Crippen molar-refractivity contribution in [3.05, 3.63) is 34.4 Å². The van der Waals surface area contributed by atoms with E-state index in [1.165, 1.54) is 0 Å². The molecule has 0 fully saturated rings. The van der Waals surface area contributed by atoms with E-state index in [1.54, 1.807) is 6.07 Å². The zero-order valence-corrected chi connectivity index (χ0v) is 9.37. The summed E-state index contributed by atoms with van der Waals surface area (Å²) in [6, 6.07) is 7.58. The number of aryl methyl sites for hydroxylation is 1. The Morgan fingerprint density at radius 1 is 1.43 bits per heavy atom. The number of hydrogen-bond acceptors (Lipinski definition) is 2. The molecule has 1 aromatic heterocycles. The molecule has 0 atom stereocenters. The quantitative estimate of drug-likeness (QED) is 0.844. The fourth-order valence-electron chi connectivity index (χ4n) is 1.45. The Bertz CT molecular complexity index is 482. The second kappa shape index (κ2) is 3.58. The van der Waals surface area contributed by atoms with Crippen molar-refractivity contribution in [2.24, 2.45) is 0 Å². The lowest BCUT2D eigenvalue weighted by Crippen LogP contribution is -1.89. The van der Waals surface area contributed by atoms with Gasteiger partial charge in [-0.2, -0.15) is 0 Å². The van der Waals surface area contributed by atoms with Crippen molar-refractivity contribution in [2.75, 3.05) is 0 Å². The van der Waals surface area contributed by atoms with Crippen molar-refractivity contribution in [3.8, 4) is 5.75 Å². The first kappa shape index (κ1) is 9.46. The minimum Gasteiger partial charge on any atom is -0.506 e. The van der Waals surface area contributed by atoms with Crippen LogP contribution in [0.25, 0.3) is 10.9 Å². The molecule has 0 unspecified atom stereocenters. The van der Waals surface area contributed by atoms with Gasteiger partial charge in [-0.05, 0) is 24.6 Å². The first-order valence-electron chi connectivity index (χ1n) is 4.49. The molecule has 0 aliphatic rings. The van der Waals surface area contributed by atoms with Crippen LogP contribution in [0.15, 0.2) is 28.7 Å². The van der Waals surface area contributed by atoms with Crippen LogP contribution in [0.3, 0.4) is 0 Å². The van der Waals surface area contributed by atoms with Gasteiger partial charge in [0.1, 0.15) is 5.75 Å². The summed E-state index contributed by atoms with van der Waals surface area (Å²) in [5.41, 5.74) is 1.66. The number of hydrogen-bond donors (Lipinski definition) is 1. The smallest absolute Gasteiger partial charge is 0.137 e. The molecule has 14 heavy (non-hydrogen) atoms. The fraction of sp³-hybridized carbons (Fsp3) is 0.182. The van der Waals surface area contributed by atoms with E-state index < -0.39 is 0 Å². The van der Waals surface area contributed by atoms with E-state index in [0.717, 1.165) is 27.5 Å². The predicted octanol–water partition coefficient (Wildman–Crippen LogP) is 3.27. The molecule has 2 aromatic rings. The first-order chi connectivity index (χ1) is 6.72. The van der Waals surface area contributed by atoms with Gasteiger partial charge in [0.05, 0.1) is 11.2 Å². The summed E-state index contributed by atoms with van der Waals surface area (Å²) in [6.07, 6.45) is 0.744. The molecule has 0 aliphatic carbocycles. The number of aromatic hydroxyl groups is 1. The van der Waals surface area contributed by atoms with E-state index in [2.05, 4.69) is 20.9 Å². The lowest BCUT2D eigenvalue weighted by molar-refractivity contribution is 0.466. The molecule has 1 heterocycles. The number of aromatic nitrogens is 1. The van der Waals surface area contributed by atoms with Crippen molar-refractivity contribution in [3.63, 3.8) is 0 Å². The Balaban J connectivity index is 2.79. The summed E-state index contributed by atoms with van der Waals surface area (Å²) < 4.78 is 0.959. The zero-order chi connectivity index (χ0) is 10.1. The van der Waals surface area contributed by atoms with Gasteiger partial charge in [-0.15, -0.1) is 0 Å². The molecule has 72 valence electrons. The van der Waals surface area contributed by atoms with Gasteiger partial charge in [0.2, 0.25) is 0 Å². The van der Waals surface area contributed by atoms with Gasteiger partial charge in [-0.1, -0.05) is 28.9 Å². The molecular weight excluding hydrogens is 242 g/mol. The maximum absolute atomic E-state index is 9.65. The highest BCUT2D eigenvalue weighted by atomic mass is 79.9. The number of halogens is 1. The SMILES string of the molecule is CCc1nc2cccc(Br)c2cc1O. The topological polar surface area (TPSA) is 33.1 Å². The molecule has 0 radical (unpaired) electrons. The van der Waals surface area contributed by atoms with Crippen LogP contribution in [-0.2, 0) is 6.42 Å². The van der Waals surface area contributed by atoms with Gasteiger partial charge >= 0.3 is 0 Å². The molecule has 1 N–H and O–H groups in total. The summed E-state index contributed by atoms with van der Waals surface area (Å²) >= 11 is 3.43. The Hall–Kier alpha value is -1.09. The predicted molar refractivity (Wildman–Crippen MR) is 60.5 cm³/mol. The van der Waals surface area contributed by atoms with Gasteiger partial charge in [-0.25, -0.2) is 4.98 Å². The number of fused-ring (bicyclic) bond motifs is 1. The van der Waals surface area contributed by atoms with Crippen LogP contribution < -0.4 is 0 Å². The highest BCUT2D eigenvalue weighted by Gasteiger charge is 2.05. The Morgan fingerprint density at radius 2 is 2.21 bits per heavy atom. The van der Waals surface area contributed by atoms with Gasteiger partial charge < -0.3 is 5.11 Å². The van der Waals surface area contributed by atoms with Crippen LogP contribution in [0.4, 0.5) is 0 Å². The summed E-state index contributed by atoms with van der Waals surface area (Å²) in [5.74, 6) is 0.270. The Labute approximate surface area is 90.7 Å². The Kier molecular flexibility index (Phi) is 2.42. The number of pyridine rings is 1. The summed E-state index contributed by atoms with van der Waals surface area (Å²) in [5, 5.41) is 10.6. The van der Waals surface area contributed by atoms with Crippen molar-refractivity contribution in [1.82, 2.24) is 4.98 Å². The second-order valence-corrected chi connectivity index (χ2v) is 3.97. The van der Waals surface area contributed by atoms with Crippen LogP contribution in [-0.4, -0.2) is 10.1 Å². The van der Waals surface area contributed by atoms with Crippen LogP contribution in [0.2, 0.25) is 0 Å². The van der Waals surface area contributed by atoms with Crippen LogP contribution in [0.5, 0.6) is 5.75 Å². The monoisotopic (exact) mass is 251 g/mol. The van der Waals surface area contributed by atoms with E-state index in [9.17, 15) is 5.11 Å². The second-order valence-electron chi connectivity index (χ2n) is 3.11. The third-order valence-electron chi connectivity index (χ3n) is 2.20.